The molecule has 27 heavy (non-hydrogen) atoms. The van der Waals surface area contributed by atoms with Gasteiger partial charge in [0.2, 0.25) is 5.91 Å². The number of aromatic nitrogens is 1. The lowest BCUT2D eigenvalue weighted by Crippen LogP contribution is -2.34. The standard InChI is InChI=1S/C21H16Cl2N2O2/c22-16-6-1-14(2-7-16)3-10-20(26)25-12-11-19-18(13-25)21(27-24-19)15-4-8-17(23)9-5-15/h1-10H,11-13H2/b10-3+. The van der Waals surface area contributed by atoms with Crippen LogP contribution in [0.4, 0.5) is 0 Å². The SMILES string of the molecule is O=C(/C=C/c1ccc(Cl)cc1)N1CCc2noc(-c3ccc(Cl)cc3)c2C1. The summed E-state index contributed by atoms with van der Waals surface area (Å²) in [6, 6.07) is 14.8. The average molecular weight is 399 g/mol. The monoisotopic (exact) mass is 398 g/mol. The van der Waals surface area contributed by atoms with Gasteiger partial charge in [0.15, 0.2) is 5.76 Å². The molecule has 0 spiro atoms. The van der Waals surface area contributed by atoms with E-state index in [0.717, 1.165) is 22.4 Å². The summed E-state index contributed by atoms with van der Waals surface area (Å²) >= 11 is 11.8. The van der Waals surface area contributed by atoms with E-state index in [2.05, 4.69) is 5.16 Å². The molecule has 1 aliphatic heterocycles. The van der Waals surface area contributed by atoms with Gasteiger partial charge in [-0.15, -0.1) is 0 Å². The molecule has 0 aliphatic carbocycles. The van der Waals surface area contributed by atoms with Gasteiger partial charge in [0, 0.05) is 40.2 Å². The van der Waals surface area contributed by atoms with Crippen molar-refractivity contribution in [3.63, 3.8) is 0 Å². The molecule has 136 valence electrons. The molecule has 1 aromatic heterocycles. The molecule has 2 aromatic carbocycles. The molecular formula is C21H16Cl2N2O2. The molecule has 0 fully saturated rings. The van der Waals surface area contributed by atoms with Crippen LogP contribution in [0.5, 0.6) is 0 Å². The van der Waals surface area contributed by atoms with Crippen LogP contribution >= 0.6 is 23.2 Å². The second-order valence-electron chi connectivity index (χ2n) is 6.34. The van der Waals surface area contributed by atoms with Crippen LogP contribution < -0.4 is 0 Å². The first-order valence-corrected chi connectivity index (χ1v) is 9.31. The van der Waals surface area contributed by atoms with Gasteiger partial charge in [-0.3, -0.25) is 4.79 Å². The Morgan fingerprint density at radius 3 is 2.41 bits per heavy atom. The van der Waals surface area contributed by atoms with Crippen LogP contribution in [0.25, 0.3) is 17.4 Å². The molecule has 1 amide bonds. The molecule has 1 aliphatic rings. The van der Waals surface area contributed by atoms with Crippen molar-refractivity contribution in [3.8, 4) is 11.3 Å². The second kappa shape index (κ2) is 7.59. The largest absolute Gasteiger partial charge is 0.356 e. The summed E-state index contributed by atoms with van der Waals surface area (Å²) in [5.41, 5.74) is 3.69. The van der Waals surface area contributed by atoms with Crippen molar-refractivity contribution in [2.45, 2.75) is 13.0 Å². The van der Waals surface area contributed by atoms with E-state index in [1.165, 1.54) is 0 Å². The van der Waals surface area contributed by atoms with Gasteiger partial charge in [-0.2, -0.15) is 0 Å². The number of carbonyl (C=O) groups excluding carboxylic acids is 1. The van der Waals surface area contributed by atoms with E-state index in [-0.39, 0.29) is 5.91 Å². The summed E-state index contributed by atoms with van der Waals surface area (Å²) in [6.07, 6.45) is 4.05. The van der Waals surface area contributed by atoms with Gasteiger partial charge in [-0.1, -0.05) is 40.5 Å². The van der Waals surface area contributed by atoms with Gasteiger partial charge in [0.25, 0.3) is 0 Å². The molecule has 2 heterocycles. The first-order chi connectivity index (χ1) is 13.1. The Kier molecular flexibility index (Phi) is 5.01. The maximum Gasteiger partial charge on any atom is 0.246 e. The molecule has 0 N–H and O–H groups in total. The number of benzene rings is 2. The number of carbonyl (C=O) groups is 1. The third kappa shape index (κ3) is 3.92. The van der Waals surface area contributed by atoms with Gasteiger partial charge < -0.3 is 9.42 Å². The Labute approximate surface area is 167 Å². The Hall–Kier alpha value is -2.56. The smallest absolute Gasteiger partial charge is 0.246 e. The maximum atomic E-state index is 12.6. The third-order valence-corrected chi connectivity index (χ3v) is 5.05. The van der Waals surface area contributed by atoms with E-state index in [0.29, 0.717) is 35.3 Å². The fourth-order valence-electron chi connectivity index (χ4n) is 3.08. The predicted octanol–water partition coefficient (Wildman–Crippen LogP) is 5.25. The van der Waals surface area contributed by atoms with Crippen molar-refractivity contribution >= 4 is 35.2 Å². The Morgan fingerprint density at radius 2 is 1.70 bits per heavy atom. The summed E-state index contributed by atoms with van der Waals surface area (Å²) in [4.78, 5) is 14.4. The summed E-state index contributed by atoms with van der Waals surface area (Å²) in [5, 5.41) is 5.51. The summed E-state index contributed by atoms with van der Waals surface area (Å²) in [6.45, 7) is 1.09. The van der Waals surface area contributed by atoms with Crippen molar-refractivity contribution in [2.75, 3.05) is 6.54 Å². The molecule has 6 heteroatoms. The van der Waals surface area contributed by atoms with Gasteiger partial charge in [-0.25, -0.2) is 0 Å². The van der Waals surface area contributed by atoms with Crippen molar-refractivity contribution < 1.29 is 9.32 Å². The summed E-state index contributed by atoms with van der Waals surface area (Å²) < 4.78 is 5.55. The van der Waals surface area contributed by atoms with Gasteiger partial charge in [-0.05, 0) is 48.0 Å². The molecular weight excluding hydrogens is 383 g/mol. The fourth-order valence-corrected chi connectivity index (χ4v) is 3.33. The number of amides is 1. The summed E-state index contributed by atoms with van der Waals surface area (Å²) in [7, 11) is 0. The predicted molar refractivity (Wildman–Crippen MR) is 107 cm³/mol. The highest BCUT2D eigenvalue weighted by atomic mass is 35.5. The second-order valence-corrected chi connectivity index (χ2v) is 7.21. The van der Waals surface area contributed by atoms with Crippen LogP contribution in [-0.4, -0.2) is 22.5 Å². The van der Waals surface area contributed by atoms with Crippen LogP contribution in [0.15, 0.2) is 59.1 Å². The topological polar surface area (TPSA) is 46.3 Å². The molecule has 0 radical (unpaired) electrons. The number of fused-ring (bicyclic) bond motifs is 1. The van der Waals surface area contributed by atoms with Crippen LogP contribution in [0.3, 0.4) is 0 Å². The zero-order chi connectivity index (χ0) is 18.8. The van der Waals surface area contributed by atoms with Crippen LogP contribution in [-0.2, 0) is 17.8 Å². The number of halogens is 2. The zero-order valence-electron chi connectivity index (χ0n) is 14.4. The molecule has 0 atom stereocenters. The van der Waals surface area contributed by atoms with Crippen LogP contribution in [0, 0.1) is 0 Å². The van der Waals surface area contributed by atoms with E-state index >= 15 is 0 Å². The van der Waals surface area contributed by atoms with Crippen molar-refractivity contribution in [3.05, 3.63) is 81.5 Å². The molecule has 3 aromatic rings. The van der Waals surface area contributed by atoms with Crippen molar-refractivity contribution in [2.24, 2.45) is 0 Å². The first kappa shape index (κ1) is 17.8. The molecule has 0 saturated heterocycles. The number of hydrogen-bond acceptors (Lipinski definition) is 3. The lowest BCUT2D eigenvalue weighted by molar-refractivity contribution is -0.126. The fraction of sp³-hybridized carbons (Fsp3) is 0.143. The Morgan fingerprint density at radius 1 is 1.04 bits per heavy atom. The van der Waals surface area contributed by atoms with E-state index < -0.39 is 0 Å². The quantitative estimate of drug-likeness (QED) is 0.566. The highest BCUT2D eigenvalue weighted by Crippen LogP contribution is 2.31. The van der Waals surface area contributed by atoms with Crippen LogP contribution in [0.1, 0.15) is 16.8 Å². The minimum absolute atomic E-state index is 0.0427. The molecule has 0 unspecified atom stereocenters. The molecule has 0 bridgehead atoms. The normalized spacial score (nSPS) is 13.8. The van der Waals surface area contributed by atoms with Crippen molar-refractivity contribution in [1.29, 1.82) is 0 Å². The highest BCUT2D eigenvalue weighted by Gasteiger charge is 2.26. The molecule has 0 saturated carbocycles. The number of hydrogen-bond donors (Lipinski definition) is 0. The Bertz CT molecular complexity index is 992. The highest BCUT2D eigenvalue weighted by molar-refractivity contribution is 6.30. The van der Waals surface area contributed by atoms with E-state index in [1.807, 2.05) is 36.4 Å². The van der Waals surface area contributed by atoms with Crippen molar-refractivity contribution in [1.82, 2.24) is 10.1 Å². The zero-order valence-corrected chi connectivity index (χ0v) is 15.9. The minimum atomic E-state index is -0.0427. The third-order valence-electron chi connectivity index (χ3n) is 4.54. The average Bonchev–Trinajstić information content (AvgIpc) is 3.11. The van der Waals surface area contributed by atoms with E-state index in [4.69, 9.17) is 27.7 Å². The van der Waals surface area contributed by atoms with Gasteiger partial charge in [0.1, 0.15) is 0 Å². The summed E-state index contributed by atoms with van der Waals surface area (Å²) in [5.74, 6) is 0.653. The lowest BCUT2D eigenvalue weighted by Gasteiger charge is -2.25. The number of rotatable bonds is 3. The Balaban J connectivity index is 1.52. The van der Waals surface area contributed by atoms with E-state index in [1.54, 1.807) is 29.2 Å². The molecule has 4 nitrogen and oxygen atoms in total. The first-order valence-electron chi connectivity index (χ1n) is 8.56. The minimum Gasteiger partial charge on any atom is -0.356 e. The van der Waals surface area contributed by atoms with Gasteiger partial charge in [0.05, 0.1) is 12.2 Å². The molecule has 4 rings (SSSR count). The lowest BCUT2D eigenvalue weighted by atomic mass is 10.0. The maximum absolute atomic E-state index is 12.6. The van der Waals surface area contributed by atoms with Gasteiger partial charge >= 0.3 is 0 Å². The number of nitrogens with zero attached hydrogens (tertiary/aromatic N) is 2. The van der Waals surface area contributed by atoms with E-state index in [9.17, 15) is 4.79 Å². The van der Waals surface area contributed by atoms with Crippen LogP contribution in [0.2, 0.25) is 10.0 Å².